The fourth-order valence-corrected chi connectivity index (χ4v) is 3.34. The third-order valence-corrected chi connectivity index (χ3v) is 4.81. The summed E-state index contributed by atoms with van der Waals surface area (Å²) in [7, 11) is 0. The Morgan fingerprint density at radius 1 is 0.966 bits per heavy atom. The lowest BCUT2D eigenvalue weighted by atomic mass is 10.1. The molecule has 0 fully saturated rings. The maximum Gasteiger partial charge on any atom is 0.222 e. The molecule has 3 N–H and O–H groups in total. The van der Waals surface area contributed by atoms with Crippen molar-refractivity contribution >= 4 is 17.1 Å². The van der Waals surface area contributed by atoms with Crippen molar-refractivity contribution < 1.29 is 0 Å². The summed E-state index contributed by atoms with van der Waals surface area (Å²) in [6, 6.07) is 12.7. The fourth-order valence-electron chi connectivity index (χ4n) is 3.34. The van der Waals surface area contributed by atoms with Crippen LogP contribution in [0.3, 0.4) is 0 Å². The molecule has 0 bridgehead atoms. The van der Waals surface area contributed by atoms with Crippen LogP contribution in [-0.4, -0.2) is 30.5 Å². The maximum atomic E-state index is 6.06. The second-order valence-electron chi connectivity index (χ2n) is 7.25. The molecule has 4 rings (SSSR count). The summed E-state index contributed by atoms with van der Waals surface area (Å²) in [5, 5.41) is 3.43. The number of fused-ring (bicyclic) bond motifs is 1. The van der Waals surface area contributed by atoms with E-state index in [1.807, 2.05) is 12.1 Å². The summed E-state index contributed by atoms with van der Waals surface area (Å²) in [6.07, 6.45) is 3.53. The zero-order valence-corrected chi connectivity index (χ0v) is 16.9. The number of nitrogens with two attached hydrogens (primary N) is 1. The van der Waals surface area contributed by atoms with Gasteiger partial charge in [-0.15, -0.1) is 0 Å². The molecule has 148 valence electrons. The van der Waals surface area contributed by atoms with Crippen LogP contribution in [0.4, 0.5) is 5.95 Å². The zero-order chi connectivity index (χ0) is 20.4. The molecule has 4 aromatic rings. The van der Waals surface area contributed by atoms with Crippen LogP contribution in [0.25, 0.3) is 33.8 Å². The van der Waals surface area contributed by atoms with E-state index in [1.165, 1.54) is 5.56 Å². The van der Waals surface area contributed by atoms with Crippen molar-refractivity contribution in [2.24, 2.45) is 0 Å². The number of hydrogen-bond donors (Lipinski definition) is 2. The summed E-state index contributed by atoms with van der Waals surface area (Å²) in [5.41, 5.74) is 11.5. The van der Waals surface area contributed by atoms with Crippen LogP contribution < -0.4 is 11.1 Å². The van der Waals surface area contributed by atoms with E-state index in [1.54, 1.807) is 12.4 Å². The van der Waals surface area contributed by atoms with Crippen molar-refractivity contribution in [2.75, 3.05) is 5.73 Å². The Kier molecular flexibility index (Phi) is 5.22. The van der Waals surface area contributed by atoms with E-state index in [2.05, 4.69) is 69.9 Å². The van der Waals surface area contributed by atoms with Gasteiger partial charge in [-0.3, -0.25) is 4.98 Å². The number of nitrogens with one attached hydrogen (secondary N) is 1. The molecule has 0 atom stereocenters. The number of nitrogen functional groups attached to an aromatic ring is 1. The molecule has 0 amide bonds. The van der Waals surface area contributed by atoms with Gasteiger partial charge in [0.15, 0.2) is 5.65 Å². The minimum absolute atomic E-state index is 0.244. The normalized spacial score (nSPS) is 11.4. The largest absolute Gasteiger partial charge is 0.368 e. The Hall–Kier alpha value is -3.32. The van der Waals surface area contributed by atoms with Gasteiger partial charge in [0.1, 0.15) is 17.0 Å². The summed E-state index contributed by atoms with van der Waals surface area (Å²) in [6.45, 7) is 7.90. The molecule has 0 aliphatic rings. The number of rotatable bonds is 6. The first kappa shape index (κ1) is 19.0. The van der Waals surface area contributed by atoms with Crippen LogP contribution in [0.1, 0.15) is 26.3 Å². The molecule has 0 saturated heterocycles. The molecule has 0 spiro atoms. The Bertz CT molecular complexity index is 1120. The van der Waals surface area contributed by atoms with E-state index in [9.17, 15) is 0 Å². The Morgan fingerprint density at radius 2 is 1.69 bits per heavy atom. The van der Waals surface area contributed by atoms with Gasteiger partial charge in [-0.05, 0) is 24.6 Å². The average molecular weight is 387 g/mol. The highest BCUT2D eigenvalue weighted by atomic mass is 15.2. The van der Waals surface area contributed by atoms with E-state index in [-0.39, 0.29) is 5.95 Å². The molecule has 0 saturated carbocycles. The first-order valence-corrected chi connectivity index (χ1v) is 9.83. The first-order chi connectivity index (χ1) is 14.1. The van der Waals surface area contributed by atoms with Gasteiger partial charge in [0.05, 0.1) is 0 Å². The van der Waals surface area contributed by atoms with Gasteiger partial charge in [-0.1, -0.05) is 38.1 Å². The van der Waals surface area contributed by atoms with Crippen molar-refractivity contribution in [3.05, 3.63) is 54.4 Å². The lowest BCUT2D eigenvalue weighted by molar-refractivity contribution is 0.589. The highest BCUT2D eigenvalue weighted by Crippen LogP contribution is 2.30. The third-order valence-electron chi connectivity index (χ3n) is 4.81. The van der Waals surface area contributed by atoms with E-state index in [4.69, 9.17) is 10.7 Å². The van der Waals surface area contributed by atoms with Gasteiger partial charge in [0.2, 0.25) is 5.95 Å². The van der Waals surface area contributed by atoms with Crippen molar-refractivity contribution in [3.8, 4) is 22.6 Å². The second-order valence-corrected chi connectivity index (χ2v) is 7.25. The smallest absolute Gasteiger partial charge is 0.222 e. The Labute approximate surface area is 170 Å². The molecule has 0 aliphatic heterocycles. The van der Waals surface area contributed by atoms with E-state index < -0.39 is 0 Å². The van der Waals surface area contributed by atoms with Crippen molar-refractivity contribution in [3.63, 3.8) is 0 Å². The quantitative estimate of drug-likeness (QED) is 0.524. The fraction of sp³-hybridized carbons (Fsp3) is 0.273. The minimum atomic E-state index is 0.244. The highest BCUT2D eigenvalue weighted by Gasteiger charge is 2.18. The number of hydrogen-bond acceptors (Lipinski definition) is 6. The highest BCUT2D eigenvalue weighted by molar-refractivity contribution is 5.90. The van der Waals surface area contributed by atoms with Gasteiger partial charge in [0.25, 0.3) is 0 Å². The number of aromatic nitrogens is 5. The summed E-state index contributed by atoms with van der Waals surface area (Å²) in [5.74, 6) is 1.08. The van der Waals surface area contributed by atoms with Gasteiger partial charge in [-0.25, -0.2) is 9.97 Å². The number of anilines is 1. The number of imidazole rings is 1. The molecule has 29 heavy (non-hydrogen) atoms. The molecule has 7 nitrogen and oxygen atoms in total. The van der Waals surface area contributed by atoms with E-state index in [0.29, 0.717) is 6.04 Å². The monoisotopic (exact) mass is 387 g/mol. The SMILES string of the molecule is CCn1c(-c2ccncc2)nc2c(-c3ccc(CNC(C)C)cc3)nc(N)nc21. The lowest BCUT2D eigenvalue weighted by Crippen LogP contribution is -2.21. The molecular weight excluding hydrogens is 362 g/mol. The van der Waals surface area contributed by atoms with Crippen molar-refractivity contribution in [1.29, 1.82) is 0 Å². The van der Waals surface area contributed by atoms with Crippen LogP contribution in [0.2, 0.25) is 0 Å². The van der Waals surface area contributed by atoms with Crippen LogP contribution >= 0.6 is 0 Å². The number of aryl methyl sites for hydroxylation is 1. The summed E-state index contributed by atoms with van der Waals surface area (Å²) < 4.78 is 2.06. The Morgan fingerprint density at radius 3 is 2.34 bits per heavy atom. The first-order valence-electron chi connectivity index (χ1n) is 9.83. The average Bonchev–Trinajstić information content (AvgIpc) is 3.11. The number of benzene rings is 1. The van der Waals surface area contributed by atoms with Gasteiger partial charge >= 0.3 is 0 Å². The maximum absolute atomic E-state index is 6.06. The van der Waals surface area contributed by atoms with Crippen LogP contribution in [0, 0.1) is 0 Å². The van der Waals surface area contributed by atoms with Crippen molar-refractivity contribution in [2.45, 2.75) is 39.9 Å². The zero-order valence-electron chi connectivity index (χ0n) is 16.9. The van der Waals surface area contributed by atoms with Crippen molar-refractivity contribution in [1.82, 2.24) is 29.8 Å². The van der Waals surface area contributed by atoms with Crippen LogP contribution in [0.15, 0.2) is 48.8 Å². The number of nitrogens with zero attached hydrogens (tertiary/aromatic N) is 5. The van der Waals surface area contributed by atoms with Gasteiger partial charge in [0, 0.05) is 42.7 Å². The topological polar surface area (TPSA) is 94.5 Å². The molecule has 0 radical (unpaired) electrons. The second kappa shape index (κ2) is 7.97. The van der Waals surface area contributed by atoms with Crippen LogP contribution in [0.5, 0.6) is 0 Å². The van der Waals surface area contributed by atoms with E-state index in [0.717, 1.165) is 46.9 Å². The molecular formula is C22H25N7. The Balaban J connectivity index is 1.82. The predicted octanol–water partition coefficient (Wildman–Crippen LogP) is 3.66. The van der Waals surface area contributed by atoms with Gasteiger partial charge in [-0.2, -0.15) is 4.98 Å². The van der Waals surface area contributed by atoms with E-state index >= 15 is 0 Å². The summed E-state index contributed by atoms with van der Waals surface area (Å²) in [4.78, 5) is 18.0. The standard InChI is InChI=1S/C22H25N7/c1-4-29-20(17-9-11-24-12-10-17)26-19-18(27-22(23)28-21(19)29)16-7-5-15(6-8-16)13-25-14(2)3/h5-12,14,25H,4,13H2,1-3H3,(H2,23,27,28). The minimum Gasteiger partial charge on any atom is -0.368 e. The van der Waals surface area contributed by atoms with Crippen LogP contribution in [-0.2, 0) is 13.1 Å². The molecule has 0 aliphatic carbocycles. The van der Waals surface area contributed by atoms with Gasteiger partial charge < -0.3 is 15.6 Å². The summed E-state index contributed by atoms with van der Waals surface area (Å²) >= 11 is 0. The number of pyridine rings is 1. The third kappa shape index (κ3) is 3.82. The lowest BCUT2D eigenvalue weighted by Gasteiger charge is -2.09. The molecule has 3 aromatic heterocycles. The molecule has 7 heteroatoms. The molecule has 0 unspecified atom stereocenters. The molecule has 3 heterocycles. The molecule has 1 aromatic carbocycles. The predicted molar refractivity (Wildman–Crippen MR) is 116 cm³/mol.